The van der Waals surface area contributed by atoms with Gasteiger partial charge in [0.05, 0.1) is 19.3 Å². The number of rotatable bonds is 16. The van der Waals surface area contributed by atoms with Crippen molar-refractivity contribution in [1.29, 1.82) is 0 Å². The molecule has 6 heteroatoms. The maximum absolute atomic E-state index is 10.2. The largest absolute Gasteiger partial charge is 0.375 e. The van der Waals surface area contributed by atoms with Gasteiger partial charge in [-0.15, -0.1) is 0 Å². The van der Waals surface area contributed by atoms with E-state index in [2.05, 4.69) is 20.8 Å². The van der Waals surface area contributed by atoms with Crippen LogP contribution in [-0.2, 0) is 25.6 Å². The molecule has 0 amide bonds. The van der Waals surface area contributed by atoms with Crippen LogP contribution >= 0.6 is 6.72 Å². The number of ether oxygens (including phenoxy) is 1. The smallest absolute Gasteiger partial charge is 0.324 e. The molecule has 1 rings (SSSR count). The highest BCUT2D eigenvalue weighted by Gasteiger charge is 2.35. The van der Waals surface area contributed by atoms with Crippen LogP contribution in [0.25, 0.3) is 0 Å². The van der Waals surface area contributed by atoms with E-state index in [1.165, 1.54) is 51.4 Å². The van der Waals surface area contributed by atoms with Gasteiger partial charge in [-0.2, -0.15) is 0 Å². The summed E-state index contributed by atoms with van der Waals surface area (Å²) < 4.78 is 17.0. The maximum atomic E-state index is 10.2. The molecular formula is C20H41O4PS. The van der Waals surface area contributed by atoms with Crippen LogP contribution in [-0.4, -0.2) is 30.8 Å². The lowest BCUT2D eigenvalue weighted by Crippen LogP contribution is -2.28. The van der Waals surface area contributed by atoms with Gasteiger partial charge in [-0.25, -0.2) is 0 Å². The fourth-order valence-corrected chi connectivity index (χ4v) is 4.95. The third-order valence-electron chi connectivity index (χ3n) is 5.38. The van der Waals surface area contributed by atoms with Gasteiger partial charge in [-0.3, -0.25) is 0 Å². The van der Waals surface area contributed by atoms with E-state index in [9.17, 15) is 4.89 Å². The SMILES string of the molecule is CCCCCCC(CCCC)C1CCO[C@H]1COP(O)(=S)OCCCC. The molecule has 0 bridgehead atoms. The molecule has 4 nitrogen and oxygen atoms in total. The quantitative estimate of drug-likeness (QED) is 0.243. The van der Waals surface area contributed by atoms with E-state index in [0.717, 1.165) is 25.9 Å². The summed E-state index contributed by atoms with van der Waals surface area (Å²) in [7, 11) is 0. The Hall–Kier alpha value is 0.490. The molecule has 0 aromatic heterocycles. The summed E-state index contributed by atoms with van der Waals surface area (Å²) in [5.41, 5.74) is 0. The van der Waals surface area contributed by atoms with Crippen molar-refractivity contribution in [1.82, 2.24) is 0 Å². The van der Waals surface area contributed by atoms with Crippen molar-refractivity contribution in [2.75, 3.05) is 19.8 Å². The van der Waals surface area contributed by atoms with Crippen LogP contribution in [0, 0.1) is 11.8 Å². The van der Waals surface area contributed by atoms with Crippen molar-refractivity contribution in [2.45, 2.75) is 97.5 Å². The van der Waals surface area contributed by atoms with E-state index in [0.29, 0.717) is 25.0 Å². The van der Waals surface area contributed by atoms with E-state index in [4.69, 9.17) is 25.6 Å². The molecular weight excluding hydrogens is 367 g/mol. The summed E-state index contributed by atoms with van der Waals surface area (Å²) in [5, 5.41) is 0. The molecule has 3 unspecified atom stereocenters. The lowest BCUT2D eigenvalue weighted by Gasteiger charge is -2.28. The van der Waals surface area contributed by atoms with E-state index >= 15 is 0 Å². The minimum atomic E-state index is -3.13. The molecule has 1 aliphatic rings. The molecule has 4 atom stereocenters. The minimum Gasteiger partial charge on any atom is -0.375 e. The molecule has 1 heterocycles. The van der Waals surface area contributed by atoms with Crippen LogP contribution in [0.5, 0.6) is 0 Å². The molecule has 1 N–H and O–H groups in total. The lowest BCUT2D eigenvalue weighted by atomic mass is 9.80. The summed E-state index contributed by atoms with van der Waals surface area (Å²) >= 11 is 5.13. The first-order valence-electron chi connectivity index (χ1n) is 10.8. The average Bonchev–Trinajstić information content (AvgIpc) is 3.08. The zero-order valence-electron chi connectivity index (χ0n) is 17.2. The maximum Gasteiger partial charge on any atom is 0.324 e. The molecule has 1 saturated heterocycles. The summed E-state index contributed by atoms with van der Waals surface area (Å²) in [6.45, 7) is 5.09. The first kappa shape index (κ1) is 24.5. The molecule has 0 aliphatic carbocycles. The minimum absolute atomic E-state index is 0.0484. The van der Waals surface area contributed by atoms with Crippen molar-refractivity contribution in [3.8, 4) is 0 Å². The Bertz CT molecular complexity index is 394. The Balaban J connectivity index is 2.50. The van der Waals surface area contributed by atoms with E-state index in [1.807, 2.05) is 0 Å². The van der Waals surface area contributed by atoms with Gasteiger partial charge in [0, 0.05) is 6.61 Å². The van der Waals surface area contributed by atoms with Crippen LogP contribution < -0.4 is 0 Å². The number of unbranched alkanes of at least 4 members (excludes halogenated alkanes) is 5. The van der Waals surface area contributed by atoms with Crippen molar-refractivity contribution in [3.63, 3.8) is 0 Å². The van der Waals surface area contributed by atoms with Gasteiger partial charge in [0.1, 0.15) is 0 Å². The van der Waals surface area contributed by atoms with Crippen molar-refractivity contribution >= 4 is 18.5 Å². The molecule has 1 aliphatic heterocycles. The second-order valence-electron chi connectivity index (χ2n) is 7.56. The third kappa shape index (κ3) is 10.1. The molecule has 0 saturated carbocycles. The molecule has 0 aromatic rings. The Morgan fingerprint density at radius 3 is 2.38 bits per heavy atom. The normalized spacial score (nSPS) is 23.8. The summed E-state index contributed by atoms with van der Waals surface area (Å²) in [5.74, 6) is 1.22. The third-order valence-corrected chi connectivity index (χ3v) is 6.99. The predicted molar refractivity (Wildman–Crippen MR) is 113 cm³/mol. The fourth-order valence-electron chi connectivity index (χ4n) is 3.78. The van der Waals surface area contributed by atoms with E-state index in [-0.39, 0.29) is 6.10 Å². The van der Waals surface area contributed by atoms with Crippen molar-refractivity contribution < 1.29 is 18.7 Å². The fraction of sp³-hybridized carbons (Fsp3) is 1.00. The number of hydrogen-bond donors (Lipinski definition) is 1. The Morgan fingerprint density at radius 1 is 1.00 bits per heavy atom. The highest BCUT2D eigenvalue weighted by Crippen LogP contribution is 2.45. The molecule has 156 valence electrons. The van der Waals surface area contributed by atoms with E-state index < -0.39 is 6.72 Å². The van der Waals surface area contributed by atoms with Gasteiger partial charge < -0.3 is 18.7 Å². The average molecular weight is 409 g/mol. The van der Waals surface area contributed by atoms with Crippen LogP contribution in [0.1, 0.15) is 91.4 Å². The second-order valence-corrected chi connectivity index (χ2v) is 10.4. The number of hydrogen-bond acceptors (Lipinski definition) is 4. The van der Waals surface area contributed by atoms with Crippen molar-refractivity contribution in [2.24, 2.45) is 11.8 Å². The van der Waals surface area contributed by atoms with Gasteiger partial charge in [-0.05, 0) is 36.5 Å². The zero-order chi connectivity index (χ0) is 19.3. The highest BCUT2D eigenvalue weighted by atomic mass is 32.5. The summed E-state index contributed by atoms with van der Waals surface area (Å²) in [4.78, 5) is 10.2. The van der Waals surface area contributed by atoms with Crippen LogP contribution in [0.15, 0.2) is 0 Å². The molecule has 0 aromatic carbocycles. The first-order chi connectivity index (χ1) is 12.5. The van der Waals surface area contributed by atoms with Crippen LogP contribution in [0.4, 0.5) is 0 Å². The molecule has 26 heavy (non-hydrogen) atoms. The predicted octanol–water partition coefficient (Wildman–Crippen LogP) is 6.22. The zero-order valence-corrected chi connectivity index (χ0v) is 18.9. The Morgan fingerprint density at radius 2 is 1.69 bits per heavy atom. The van der Waals surface area contributed by atoms with E-state index in [1.54, 1.807) is 0 Å². The topological polar surface area (TPSA) is 47.9 Å². The Kier molecular flexibility index (Phi) is 13.7. The summed E-state index contributed by atoms with van der Waals surface area (Å²) in [6.07, 6.45) is 13.4. The monoisotopic (exact) mass is 408 g/mol. The van der Waals surface area contributed by atoms with Gasteiger partial charge in [0.25, 0.3) is 0 Å². The molecule has 1 fully saturated rings. The second kappa shape index (κ2) is 14.5. The molecule has 0 radical (unpaired) electrons. The summed E-state index contributed by atoms with van der Waals surface area (Å²) in [6, 6.07) is 0. The Labute approximate surface area is 166 Å². The van der Waals surface area contributed by atoms with Gasteiger partial charge in [0.15, 0.2) is 0 Å². The van der Waals surface area contributed by atoms with Gasteiger partial charge >= 0.3 is 6.72 Å². The van der Waals surface area contributed by atoms with Gasteiger partial charge in [0.2, 0.25) is 0 Å². The first-order valence-corrected chi connectivity index (χ1v) is 13.4. The standard InChI is InChI=1S/C20H41O4PS/c1-4-7-10-11-13-18(12-8-5-2)19-14-16-22-20(19)17-24-25(21,26)23-15-9-6-3/h18-20H,4-17H2,1-3H3,(H,21,26)/t18?,19?,20-,25?/m0/s1. The van der Waals surface area contributed by atoms with Crippen molar-refractivity contribution in [3.05, 3.63) is 0 Å². The highest BCUT2D eigenvalue weighted by molar-refractivity contribution is 8.07. The van der Waals surface area contributed by atoms with Gasteiger partial charge in [-0.1, -0.05) is 78.6 Å². The van der Waals surface area contributed by atoms with Crippen LogP contribution in [0.3, 0.4) is 0 Å². The lowest BCUT2D eigenvalue weighted by molar-refractivity contribution is 0.0253. The molecule has 0 spiro atoms. The van der Waals surface area contributed by atoms with Crippen LogP contribution in [0.2, 0.25) is 0 Å².